The van der Waals surface area contributed by atoms with E-state index >= 15 is 0 Å². The van der Waals surface area contributed by atoms with Crippen LogP contribution in [0.25, 0.3) is 0 Å². The molecule has 0 saturated heterocycles. The zero-order valence-electron chi connectivity index (χ0n) is 7.40. The van der Waals surface area contributed by atoms with E-state index in [1.54, 1.807) is 0 Å². The van der Waals surface area contributed by atoms with Gasteiger partial charge in [-0.25, -0.2) is 0 Å². The quantitative estimate of drug-likeness (QED) is 0.494. The lowest BCUT2D eigenvalue weighted by Crippen LogP contribution is -1.93. The van der Waals surface area contributed by atoms with Crippen molar-refractivity contribution in [1.29, 1.82) is 0 Å². The Morgan fingerprint density at radius 3 is 2.30 bits per heavy atom. The third-order valence-electron chi connectivity index (χ3n) is 1.95. The summed E-state index contributed by atoms with van der Waals surface area (Å²) in [5, 5.41) is 0. The molecular weight excluding hydrogens is 119 g/mol. The molecule has 1 unspecified atom stereocenters. The average molecular weight is 138 g/mol. The number of hydrogen-bond acceptors (Lipinski definition) is 0. The van der Waals surface area contributed by atoms with Gasteiger partial charge >= 0.3 is 0 Å². The van der Waals surface area contributed by atoms with Crippen LogP contribution in [0.15, 0.2) is 0 Å². The standard InChI is InChI=1S/C9H19B/c1-3-4-6-9(2)7-5-8-10/h9H,3-8H2,1-2H3. The number of rotatable bonds is 6. The molecule has 1 heteroatoms. The van der Waals surface area contributed by atoms with E-state index in [0.717, 1.165) is 12.2 Å². The zero-order valence-corrected chi connectivity index (χ0v) is 7.40. The van der Waals surface area contributed by atoms with Gasteiger partial charge in [0.2, 0.25) is 0 Å². The van der Waals surface area contributed by atoms with Crippen LogP contribution in [-0.2, 0) is 0 Å². The molecule has 0 saturated carbocycles. The van der Waals surface area contributed by atoms with Crippen molar-refractivity contribution in [3.05, 3.63) is 0 Å². The first-order valence-corrected chi connectivity index (χ1v) is 4.51. The van der Waals surface area contributed by atoms with Crippen molar-refractivity contribution in [1.82, 2.24) is 0 Å². The fraction of sp³-hybridized carbons (Fsp3) is 1.00. The Labute approximate surface area is 66.8 Å². The summed E-state index contributed by atoms with van der Waals surface area (Å²) in [5.74, 6) is 0.892. The van der Waals surface area contributed by atoms with Gasteiger partial charge in [-0.15, -0.1) is 0 Å². The Balaban J connectivity index is 3.00. The molecule has 0 heterocycles. The zero-order chi connectivity index (χ0) is 7.82. The van der Waals surface area contributed by atoms with E-state index in [2.05, 4.69) is 13.8 Å². The summed E-state index contributed by atoms with van der Waals surface area (Å²) in [7, 11) is 5.41. The molecule has 58 valence electrons. The van der Waals surface area contributed by atoms with Crippen molar-refractivity contribution in [2.75, 3.05) is 0 Å². The third-order valence-corrected chi connectivity index (χ3v) is 1.95. The highest BCUT2D eigenvalue weighted by atomic mass is 14.0. The van der Waals surface area contributed by atoms with E-state index in [9.17, 15) is 0 Å². The van der Waals surface area contributed by atoms with Crippen molar-refractivity contribution in [2.45, 2.75) is 52.3 Å². The molecule has 1 atom stereocenters. The second-order valence-electron chi connectivity index (χ2n) is 3.18. The van der Waals surface area contributed by atoms with Crippen LogP contribution >= 0.6 is 0 Å². The van der Waals surface area contributed by atoms with Crippen LogP contribution < -0.4 is 0 Å². The first-order valence-electron chi connectivity index (χ1n) is 4.51. The number of hydrogen-bond donors (Lipinski definition) is 0. The Bertz CT molecular complexity index is 53.7. The molecule has 0 aromatic carbocycles. The Hall–Kier alpha value is 0.0649. The lowest BCUT2D eigenvalue weighted by molar-refractivity contribution is 0.466. The van der Waals surface area contributed by atoms with Gasteiger partial charge in [-0.3, -0.25) is 0 Å². The largest absolute Gasteiger partial charge is 0.0887 e. The molecule has 0 amide bonds. The fourth-order valence-corrected chi connectivity index (χ4v) is 1.16. The smallest absolute Gasteiger partial charge is 0.0653 e. The van der Waals surface area contributed by atoms with Gasteiger partial charge in [0, 0.05) is 0 Å². The molecule has 0 aromatic rings. The predicted molar refractivity (Wildman–Crippen MR) is 48.5 cm³/mol. The lowest BCUT2D eigenvalue weighted by atomic mass is 9.93. The molecule has 0 aliphatic heterocycles. The van der Waals surface area contributed by atoms with Crippen molar-refractivity contribution >= 4 is 7.85 Å². The summed E-state index contributed by atoms with van der Waals surface area (Å²) in [6.07, 6.45) is 7.47. The topological polar surface area (TPSA) is 0 Å². The van der Waals surface area contributed by atoms with Gasteiger partial charge in [-0.05, 0) is 5.92 Å². The molecule has 0 bridgehead atoms. The number of unbranched alkanes of at least 4 members (excludes halogenated alkanes) is 1. The Morgan fingerprint density at radius 2 is 1.80 bits per heavy atom. The molecule has 10 heavy (non-hydrogen) atoms. The highest BCUT2D eigenvalue weighted by Crippen LogP contribution is 2.14. The second kappa shape index (κ2) is 7.18. The molecule has 0 aliphatic carbocycles. The lowest BCUT2D eigenvalue weighted by Gasteiger charge is -2.08. The molecule has 0 spiro atoms. The van der Waals surface area contributed by atoms with Gasteiger partial charge < -0.3 is 0 Å². The first kappa shape index (κ1) is 10.1. The second-order valence-corrected chi connectivity index (χ2v) is 3.18. The van der Waals surface area contributed by atoms with Crippen LogP contribution in [0, 0.1) is 5.92 Å². The highest BCUT2D eigenvalue weighted by molar-refractivity contribution is 6.08. The molecule has 0 nitrogen and oxygen atoms in total. The van der Waals surface area contributed by atoms with Crippen molar-refractivity contribution in [3.63, 3.8) is 0 Å². The SMILES string of the molecule is [B]CCCC(C)CCCC. The first-order chi connectivity index (χ1) is 4.81. The van der Waals surface area contributed by atoms with Gasteiger partial charge in [0.15, 0.2) is 0 Å². The normalized spacial score (nSPS) is 13.4. The van der Waals surface area contributed by atoms with Crippen LogP contribution in [0.5, 0.6) is 0 Å². The molecule has 0 N–H and O–H groups in total. The molecule has 0 fully saturated rings. The van der Waals surface area contributed by atoms with Gasteiger partial charge in [-0.2, -0.15) is 0 Å². The van der Waals surface area contributed by atoms with Crippen molar-refractivity contribution < 1.29 is 0 Å². The van der Waals surface area contributed by atoms with E-state index in [1.165, 1.54) is 32.1 Å². The maximum absolute atomic E-state index is 5.41. The van der Waals surface area contributed by atoms with Crippen LogP contribution in [-0.4, -0.2) is 7.85 Å². The maximum Gasteiger partial charge on any atom is 0.0653 e. The van der Waals surface area contributed by atoms with E-state index in [-0.39, 0.29) is 0 Å². The van der Waals surface area contributed by atoms with E-state index < -0.39 is 0 Å². The summed E-state index contributed by atoms with van der Waals surface area (Å²) >= 11 is 0. The van der Waals surface area contributed by atoms with E-state index in [0.29, 0.717) is 0 Å². The third kappa shape index (κ3) is 6.19. The maximum atomic E-state index is 5.41. The predicted octanol–water partition coefficient (Wildman–Crippen LogP) is 3.18. The van der Waals surface area contributed by atoms with Gasteiger partial charge in [0.05, 0.1) is 7.85 Å². The van der Waals surface area contributed by atoms with Gasteiger partial charge in [-0.1, -0.05) is 52.3 Å². The summed E-state index contributed by atoms with van der Waals surface area (Å²) < 4.78 is 0. The molecule has 2 radical (unpaired) electrons. The molecule has 0 aromatic heterocycles. The molecule has 0 aliphatic rings. The minimum absolute atomic E-state index is 0.858. The van der Waals surface area contributed by atoms with Crippen LogP contribution in [0.1, 0.15) is 46.0 Å². The monoisotopic (exact) mass is 138 g/mol. The summed E-state index contributed by atoms with van der Waals surface area (Å²) in [6, 6.07) is 0. The summed E-state index contributed by atoms with van der Waals surface area (Å²) in [4.78, 5) is 0. The van der Waals surface area contributed by atoms with Gasteiger partial charge in [0.1, 0.15) is 0 Å². The fourth-order valence-electron chi connectivity index (χ4n) is 1.16. The summed E-state index contributed by atoms with van der Waals surface area (Å²) in [5.41, 5.74) is 0. The van der Waals surface area contributed by atoms with Crippen LogP contribution in [0.2, 0.25) is 6.32 Å². The van der Waals surface area contributed by atoms with Crippen molar-refractivity contribution in [2.24, 2.45) is 5.92 Å². The van der Waals surface area contributed by atoms with E-state index in [4.69, 9.17) is 7.85 Å². The average Bonchev–Trinajstić information content (AvgIpc) is 1.97. The minimum atomic E-state index is 0.858. The molecule has 0 rings (SSSR count). The summed E-state index contributed by atoms with van der Waals surface area (Å²) in [6.45, 7) is 4.57. The Morgan fingerprint density at radius 1 is 1.20 bits per heavy atom. The highest BCUT2D eigenvalue weighted by Gasteiger charge is 1.98. The molecular formula is C9H19B. The van der Waals surface area contributed by atoms with Crippen molar-refractivity contribution in [3.8, 4) is 0 Å². The minimum Gasteiger partial charge on any atom is -0.0887 e. The van der Waals surface area contributed by atoms with Crippen LogP contribution in [0.3, 0.4) is 0 Å². The van der Waals surface area contributed by atoms with Gasteiger partial charge in [0.25, 0.3) is 0 Å². The van der Waals surface area contributed by atoms with E-state index in [1.807, 2.05) is 0 Å². The van der Waals surface area contributed by atoms with Crippen LogP contribution in [0.4, 0.5) is 0 Å². The Kier molecular flexibility index (Phi) is 7.22.